The molecule has 1 atom stereocenters. The molecule has 7 heteroatoms. The van der Waals surface area contributed by atoms with Gasteiger partial charge in [0.2, 0.25) is 5.91 Å². The number of carbonyl (C=O) groups excluding carboxylic acids is 2. The molecule has 1 heterocycles. The van der Waals surface area contributed by atoms with Crippen molar-refractivity contribution in [3.05, 3.63) is 28.0 Å². The van der Waals surface area contributed by atoms with Crippen LogP contribution in [0.25, 0.3) is 0 Å². The number of aryl methyl sites for hydroxylation is 1. The fraction of sp³-hybridized carbons (Fsp3) is 0.500. The second kappa shape index (κ2) is 6.47. The van der Waals surface area contributed by atoms with Crippen LogP contribution in [0.4, 0.5) is 14.9 Å². The summed E-state index contributed by atoms with van der Waals surface area (Å²) in [4.78, 5) is 25.9. The maximum Gasteiger partial charge on any atom is 0.408 e. The molecule has 1 aliphatic heterocycles. The summed E-state index contributed by atoms with van der Waals surface area (Å²) in [5.74, 6) is -0.628. The molecule has 1 aromatic rings. The van der Waals surface area contributed by atoms with Crippen molar-refractivity contribution in [1.82, 2.24) is 5.32 Å². The van der Waals surface area contributed by atoms with Crippen molar-refractivity contribution in [1.29, 1.82) is 0 Å². The number of carbonyl (C=O) groups is 2. The minimum atomic E-state index is -0.705. The van der Waals surface area contributed by atoms with Gasteiger partial charge in [0.15, 0.2) is 0 Å². The first-order valence-corrected chi connectivity index (χ1v) is 8.13. The number of nitrogens with one attached hydrogen (secondary N) is 1. The van der Waals surface area contributed by atoms with Gasteiger partial charge in [-0.1, -0.05) is 0 Å². The highest BCUT2D eigenvalue weighted by Crippen LogP contribution is 2.31. The summed E-state index contributed by atoms with van der Waals surface area (Å²) in [5, 5.41) is 2.60. The smallest absolute Gasteiger partial charge is 0.408 e. The van der Waals surface area contributed by atoms with E-state index in [1.807, 2.05) is 0 Å². The number of rotatable bonds is 1. The lowest BCUT2D eigenvalue weighted by atomic mass is 10.1. The molecular formula is C16H20BrFN2O3. The average Bonchev–Trinajstić information content (AvgIpc) is 2.51. The van der Waals surface area contributed by atoms with E-state index in [1.54, 1.807) is 33.9 Å². The molecule has 0 unspecified atom stereocenters. The maximum absolute atomic E-state index is 13.7. The molecule has 2 rings (SSSR count). The summed E-state index contributed by atoms with van der Waals surface area (Å²) < 4.78 is 19.2. The number of hydrogen-bond donors (Lipinski definition) is 1. The molecule has 0 aliphatic carbocycles. The predicted molar refractivity (Wildman–Crippen MR) is 89.0 cm³/mol. The van der Waals surface area contributed by atoms with Gasteiger partial charge >= 0.3 is 6.09 Å². The van der Waals surface area contributed by atoms with Crippen molar-refractivity contribution in [3.8, 4) is 0 Å². The Bertz CT molecular complexity index is 643. The van der Waals surface area contributed by atoms with Gasteiger partial charge in [0, 0.05) is 12.7 Å². The molecule has 23 heavy (non-hydrogen) atoms. The number of benzene rings is 1. The van der Waals surface area contributed by atoms with E-state index < -0.39 is 17.7 Å². The van der Waals surface area contributed by atoms with Crippen LogP contribution in [0.3, 0.4) is 0 Å². The first kappa shape index (κ1) is 17.7. The van der Waals surface area contributed by atoms with Crippen molar-refractivity contribution < 1.29 is 18.7 Å². The van der Waals surface area contributed by atoms with E-state index in [0.717, 1.165) is 5.56 Å². The van der Waals surface area contributed by atoms with E-state index in [-0.39, 0.29) is 11.7 Å². The number of halogens is 2. The standard InChI is InChI=1S/C16H20BrFN2O3/c1-16(2,3)23-15(22)19-12-6-5-9-7-11(18)10(17)8-13(9)20(4)14(12)21/h7-8,12H,5-6H2,1-4H3,(H,19,22)/t12-/m0/s1. The summed E-state index contributed by atoms with van der Waals surface area (Å²) >= 11 is 3.13. The van der Waals surface area contributed by atoms with Crippen LogP contribution in [0, 0.1) is 5.82 Å². The number of likely N-dealkylation sites (N-methyl/N-ethyl adjacent to an activating group) is 1. The van der Waals surface area contributed by atoms with Crippen LogP contribution >= 0.6 is 15.9 Å². The van der Waals surface area contributed by atoms with Gasteiger partial charge in [0.05, 0.1) is 4.47 Å². The molecular weight excluding hydrogens is 367 g/mol. The topological polar surface area (TPSA) is 58.6 Å². The van der Waals surface area contributed by atoms with Crippen molar-refractivity contribution in [2.24, 2.45) is 0 Å². The van der Waals surface area contributed by atoms with Gasteiger partial charge in [-0.15, -0.1) is 0 Å². The average molecular weight is 387 g/mol. The fourth-order valence-electron chi connectivity index (χ4n) is 2.45. The molecule has 1 N–H and O–H groups in total. The SMILES string of the molecule is CN1C(=O)[C@@H](NC(=O)OC(C)(C)C)CCc2cc(F)c(Br)cc21. The second-order valence-corrected chi connectivity index (χ2v) is 7.38. The Morgan fingerprint density at radius 1 is 1.43 bits per heavy atom. The summed E-state index contributed by atoms with van der Waals surface area (Å²) in [6.45, 7) is 5.26. The third-order valence-electron chi connectivity index (χ3n) is 3.50. The van der Waals surface area contributed by atoms with E-state index in [1.165, 1.54) is 11.0 Å². The van der Waals surface area contributed by atoms with Crippen molar-refractivity contribution in [3.63, 3.8) is 0 Å². The van der Waals surface area contributed by atoms with E-state index in [9.17, 15) is 14.0 Å². The zero-order valence-electron chi connectivity index (χ0n) is 13.6. The summed E-state index contributed by atoms with van der Waals surface area (Å²) in [7, 11) is 1.61. The minimum Gasteiger partial charge on any atom is -0.444 e. The number of fused-ring (bicyclic) bond motifs is 1. The number of amides is 2. The van der Waals surface area contributed by atoms with E-state index in [2.05, 4.69) is 21.2 Å². The van der Waals surface area contributed by atoms with Gasteiger partial charge in [-0.2, -0.15) is 0 Å². The molecule has 5 nitrogen and oxygen atoms in total. The number of anilines is 1. The lowest BCUT2D eigenvalue weighted by molar-refractivity contribution is -0.120. The molecule has 1 aliphatic rings. The molecule has 0 spiro atoms. The Morgan fingerprint density at radius 3 is 2.70 bits per heavy atom. The van der Waals surface area contributed by atoms with Gasteiger partial charge in [-0.3, -0.25) is 4.79 Å². The van der Waals surface area contributed by atoms with Gasteiger partial charge in [-0.05, 0) is 67.2 Å². The molecule has 0 radical (unpaired) electrons. The van der Waals surface area contributed by atoms with Crippen molar-refractivity contribution in [2.45, 2.75) is 45.3 Å². The van der Waals surface area contributed by atoms with Crippen LogP contribution in [0.1, 0.15) is 32.8 Å². The lowest BCUT2D eigenvalue weighted by Crippen LogP contribution is -2.48. The van der Waals surface area contributed by atoms with Crippen LogP contribution < -0.4 is 10.2 Å². The van der Waals surface area contributed by atoms with Gasteiger partial charge < -0.3 is 15.0 Å². The highest BCUT2D eigenvalue weighted by molar-refractivity contribution is 9.10. The monoisotopic (exact) mass is 386 g/mol. The minimum absolute atomic E-state index is 0.256. The zero-order valence-corrected chi connectivity index (χ0v) is 15.2. The summed E-state index contributed by atoms with van der Waals surface area (Å²) in [6, 6.07) is 2.29. The van der Waals surface area contributed by atoms with Crippen molar-refractivity contribution in [2.75, 3.05) is 11.9 Å². The maximum atomic E-state index is 13.7. The third-order valence-corrected chi connectivity index (χ3v) is 4.11. The molecule has 126 valence electrons. The Hall–Kier alpha value is -1.63. The molecule has 0 saturated carbocycles. The normalized spacial score (nSPS) is 18.3. The number of ether oxygens (including phenoxy) is 1. The summed E-state index contributed by atoms with van der Waals surface area (Å²) in [5.41, 5.74) is 0.729. The quantitative estimate of drug-likeness (QED) is 0.804. The Labute approximate surface area is 143 Å². The van der Waals surface area contributed by atoms with Crippen LogP contribution in [0.5, 0.6) is 0 Å². The number of nitrogens with zero attached hydrogens (tertiary/aromatic N) is 1. The Morgan fingerprint density at radius 2 is 2.09 bits per heavy atom. The lowest BCUT2D eigenvalue weighted by Gasteiger charge is -2.24. The van der Waals surface area contributed by atoms with Crippen LogP contribution in [-0.4, -0.2) is 30.7 Å². The predicted octanol–water partition coefficient (Wildman–Crippen LogP) is 3.39. The van der Waals surface area contributed by atoms with E-state index in [4.69, 9.17) is 4.74 Å². The van der Waals surface area contributed by atoms with Gasteiger partial charge in [0.1, 0.15) is 17.5 Å². The molecule has 0 bridgehead atoms. The number of hydrogen-bond acceptors (Lipinski definition) is 3. The Balaban J connectivity index is 2.19. The second-order valence-electron chi connectivity index (χ2n) is 6.53. The third kappa shape index (κ3) is 4.22. The zero-order chi connectivity index (χ0) is 17.4. The first-order valence-electron chi connectivity index (χ1n) is 7.33. The van der Waals surface area contributed by atoms with Crippen LogP contribution in [0.15, 0.2) is 16.6 Å². The van der Waals surface area contributed by atoms with Crippen LogP contribution in [0.2, 0.25) is 0 Å². The van der Waals surface area contributed by atoms with Gasteiger partial charge in [0.25, 0.3) is 0 Å². The van der Waals surface area contributed by atoms with Gasteiger partial charge in [-0.25, -0.2) is 9.18 Å². The highest BCUT2D eigenvalue weighted by atomic mass is 79.9. The largest absolute Gasteiger partial charge is 0.444 e. The molecule has 0 saturated heterocycles. The fourth-order valence-corrected chi connectivity index (χ4v) is 2.78. The first-order chi connectivity index (χ1) is 10.6. The van der Waals surface area contributed by atoms with E-state index in [0.29, 0.717) is 23.0 Å². The van der Waals surface area contributed by atoms with Crippen molar-refractivity contribution >= 4 is 33.6 Å². The Kier molecular flexibility index (Phi) is 4.98. The molecule has 2 amide bonds. The molecule has 1 aromatic carbocycles. The van der Waals surface area contributed by atoms with E-state index >= 15 is 0 Å². The highest BCUT2D eigenvalue weighted by Gasteiger charge is 2.31. The molecule has 0 aromatic heterocycles. The molecule has 0 fully saturated rings. The summed E-state index contributed by atoms with van der Waals surface area (Å²) in [6.07, 6.45) is 0.231. The number of alkyl carbamates (subject to hydrolysis) is 1. The van der Waals surface area contributed by atoms with Crippen LogP contribution in [-0.2, 0) is 16.0 Å².